The van der Waals surface area contributed by atoms with Crippen molar-refractivity contribution in [3.63, 3.8) is 0 Å². The van der Waals surface area contributed by atoms with Gasteiger partial charge in [-0.05, 0) is 79.0 Å². The van der Waals surface area contributed by atoms with Gasteiger partial charge >= 0.3 is 0 Å². The lowest BCUT2D eigenvalue weighted by atomic mass is 10.1. The van der Waals surface area contributed by atoms with Gasteiger partial charge in [0.05, 0.1) is 28.1 Å². The first-order valence-corrected chi connectivity index (χ1v) is 12.5. The molecule has 0 aliphatic carbocycles. The van der Waals surface area contributed by atoms with Crippen molar-refractivity contribution in [2.24, 2.45) is 0 Å². The Morgan fingerprint density at radius 1 is 1.18 bits per heavy atom. The van der Waals surface area contributed by atoms with Crippen molar-refractivity contribution in [3.05, 3.63) is 68.4 Å². The number of halogens is 2. The smallest absolute Gasteiger partial charge is 0.253 e. The Morgan fingerprint density at radius 3 is 2.58 bits per heavy atom. The fraction of sp³-hybridized carbons (Fsp3) is 0.304. The minimum Gasteiger partial charge on any atom is -0.342 e. The number of thioether (sulfide) groups is 1. The van der Waals surface area contributed by atoms with Gasteiger partial charge in [-0.1, -0.05) is 35.5 Å². The molecule has 1 aromatic heterocycles. The second kappa shape index (κ2) is 11.2. The molecule has 2 aromatic carbocycles. The van der Waals surface area contributed by atoms with E-state index in [9.17, 15) is 9.59 Å². The minimum atomic E-state index is -0.393. The maximum atomic E-state index is 12.6. The highest BCUT2D eigenvalue weighted by molar-refractivity contribution is 9.10. The van der Waals surface area contributed by atoms with Crippen molar-refractivity contribution in [3.8, 4) is 0 Å². The van der Waals surface area contributed by atoms with Gasteiger partial charge in [-0.2, -0.15) is 0 Å². The van der Waals surface area contributed by atoms with E-state index in [2.05, 4.69) is 36.8 Å². The van der Waals surface area contributed by atoms with E-state index < -0.39 is 6.04 Å². The first-order valence-electron chi connectivity index (χ1n) is 10.4. The molecule has 1 atom stereocenters. The lowest BCUT2D eigenvalue weighted by molar-refractivity contribution is -0.113. The highest BCUT2D eigenvalue weighted by Gasteiger charge is 2.21. The van der Waals surface area contributed by atoms with E-state index in [0.717, 1.165) is 21.3 Å². The molecule has 7 nitrogen and oxygen atoms in total. The zero-order valence-corrected chi connectivity index (χ0v) is 21.9. The van der Waals surface area contributed by atoms with E-state index >= 15 is 0 Å². The Morgan fingerprint density at radius 2 is 1.88 bits per heavy atom. The van der Waals surface area contributed by atoms with Crippen LogP contribution in [0.4, 0.5) is 5.69 Å². The second-order valence-electron chi connectivity index (χ2n) is 7.51. The monoisotopic (exact) mass is 549 g/mol. The van der Waals surface area contributed by atoms with Crippen LogP contribution in [0.3, 0.4) is 0 Å². The van der Waals surface area contributed by atoms with Crippen LogP contribution < -0.4 is 10.6 Å². The predicted molar refractivity (Wildman–Crippen MR) is 136 cm³/mol. The molecule has 0 aliphatic rings. The number of nitrogens with one attached hydrogen (secondary N) is 2. The second-order valence-corrected chi connectivity index (χ2v) is 9.72. The molecular formula is C23H25BrClN5O2S. The Bertz CT molecular complexity index is 1180. The molecule has 0 fully saturated rings. The van der Waals surface area contributed by atoms with Crippen LogP contribution in [-0.4, -0.2) is 32.3 Å². The van der Waals surface area contributed by atoms with Crippen LogP contribution in [0.15, 0.2) is 46.0 Å². The van der Waals surface area contributed by atoms with Crippen molar-refractivity contribution < 1.29 is 9.59 Å². The van der Waals surface area contributed by atoms with E-state index in [1.54, 1.807) is 24.3 Å². The summed E-state index contributed by atoms with van der Waals surface area (Å²) in [7, 11) is 0. The Labute approximate surface area is 210 Å². The molecule has 0 saturated heterocycles. The molecule has 0 saturated carbocycles. The maximum absolute atomic E-state index is 12.6. The molecule has 33 heavy (non-hydrogen) atoms. The molecule has 0 unspecified atom stereocenters. The number of rotatable bonds is 8. The van der Waals surface area contributed by atoms with Crippen LogP contribution in [0.25, 0.3) is 0 Å². The summed E-state index contributed by atoms with van der Waals surface area (Å²) in [6.07, 6.45) is 0. The summed E-state index contributed by atoms with van der Waals surface area (Å²) in [5, 5.41) is 15.3. The van der Waals surface area contributed by atoms with Crippen molar-refractivity contribution in [1.29, 1.82) is 0 Å². The molecule has 0 radical (unpaired) electrons. The van der Waals surface area contributed by atoms with Gasteiger partial charge in [-0.25, -0.2) is 0 Å². The quantitative estimate of drug-likeness (QED) is 0.359. The molecule has 0 spiro atoms. The summed E-state index contributed by atoms with van der Waals surface area (Å²) < 4.78 is 2.73. The highest BCUT2D eigenvalue weighted by Crippen LogP contribution is 2.27. The predicted octanol–water partition coefficient (Wildman–Crippen LogP) is 5.55. The topological polar surface area (TPSA) is 88.9 Å². The van der Waals surface area contributed by atoms with Gasteiger partial charge in [0.2, 0.25) is 5.91 Å². The fourth-order valence-corrected chi connectivity index (χ4v) is 4.79. The molecule has 2 amide bonds. The Kier molecular flexibility index (Phi) is 8.56. The number of hydrogen-bond donors (Lipinski definition) is 2. The molecule has 0 aliphatic heterocycles. The van der Waals surface area contributed by atoms with Gasteiger partial charge < -0.3 is 15.2 Å². The molecule has 174 valence electrons. The fourth-order valence-electron chi connectivity index (χ4n) is 3.20. The average Bonchev–Trinajstić information content (AvgIpc) is 3.19. The number of aryl methyl sites for hydroxylation is 2. The molecular weight excluding hydrogens is 526 g/mol. The first-order chi connectivity index (χ1) is 15.7. The Hall–Kier alpha value is -2.36. The largest absolute Gasteiger partial charge is 0.342 e. The van der Waals surface area contributed by atoms with Crippen molar-refractivity contribution >= 4 is 56.8 Å². The zero-order chi connectivity index (χ0) is 24.1. The number of hydrogen-bond acceptors (Lipinski definition) is 5. The van der Waals surface area contributed by atoms with Gasteiger partial charge in [0.1, 0.15) is 0 Å². The number of nitrogens with zero attached hydrogens (tertiary/aromatic N) is 3. The minimum absolute atomic E-state index is 0.142. The van der Waals surface area contributed by atoms with Gasteiger partial charge in [-0.15, -0.1) is 10.2 Å². The molecule has 0 bridgehead atoms. The number of benzene rings is 2. The molecule has 1 heterocycles. The van der Waals surface area contributed by atoms with Crippen molar-refractivity contribution in [2.45, 2.75) is 45.4 Å². The third kappa shape index (κ3) is 6.16. The van der Waals surface area contributed by atoms with E-state index in [-0.39, 0.29) is 17.6 Å². The summed E-state index contributed by atoms with van der Waals surface area (Å²) in [6, 6.07) is 10.4. The normalized spacial score (nSPS) is 11.8. The van der Waals surface area contributed by atoms with Crippen molar-refractivity contribution in [1.82, 2.24) is 20.1 Å². The number of carbonyl (C=O) groups excluding carboxylic acids is 2. The highest BCUT2D eigenvalue weighted by atomic mass is 79.9. The Balaban J connectivity index is 1.65. The number of anilines is 1. The van der Waals surface area contributed by atoms with Crippen LogP contribution in [0.1, 0.15) is 47.2 Å². The van der Waals surface area contributed by atoms with E-state index in [1.165, 1.54) is 11.8 Å². The summed E-state index contributed by atoms with van der Waals surface area (Å²) in [4.78, 5) is 25.1. The van der Waals surface area contributed by atoms with Crippen LogP contribution in [0.2, 0.25) is 5.02 Å². The zero-order valence-electron chi connectivity index (χ0n) is 18.8. The number of amides is 2. The summed E-state index contributed by atoms with van der Waals surface area (Å²) >= 11 is 10.9. The van der Waals surface area contributed by atoms with Gasteiger partial charge in [-0.3, -0.25) is 9.59 Å². The van der Waals surface area contributed by atoms with Crippen LogP contribution in [0.5, 0.6) is 0 Å². The SMILES string of the molecule is CCn1c(SCC(=O)Nc2cc(C)c(C)cc2Br)nnc1[C@H](C)NC(=O)c1ccccc1Cl. The van der Waals surface area contributed by atoms with Gasteiger partial charge in [0.15, 0.2) is 11.0 Å². The third-order valence-electron chi connectivity index (χ3n) is 5.10. The number of carbonyl (C=O) groups is 2. The lowest BCUT2D eigenvalue weighted by Gasteiger charge is -2.15. The van der Waals surface area contributed by atoms with Crippen LogP contribution in [0, 0.1) is 13.8 Å². The third-order valence-corrected chi connectivity index (χ3v) is 7.06. The van der Waals surface area contributed by atoms with E-state index in [0.29, 0.717) is 28.1 Å². The van der Waals surface area contributed by atoms with Crippen molar-refractivity contribution in [2.75, 3.05) is 11.1 Å². The standard InChI is InChI=1S/C23H25BrClN5O2S/c1-5-30-21(15(4)26-22(32)16-8-6-7-9-18(16)25)28-29-23(30)33-12-20(31)27-19-11-14(3)13(2)10-17(19)24/h6-11,15H,5,12H2,1-4H3,(H,26,32)(H,27,31)/t15-/m0/s1. The molecule has 2 N–H and O–H groups in total. The summed E-state index contributed by atoms with van der Waals surface area (Å²) in [6.45, 7) is 8.42. The van der Waals surface area contributed by atoms with Crippen LogP contribution >= 0.6 is 39.3 Å². The molecule has 10 heteroatoms. The number of aromatic nitrogens is 3. The summed E-state index contributed by atoms with van der Waals surface area (Å²) in [5.41, 5.74) is 3.38. The molecule has 3 rings (SSSR count). The maximum Gasteiger partial charge on any atom is 0.253 e. The van der Waals surface area contributed by atoms with E-state index in [4.69, 9.17) is 11.6 Å². The summed E-state index contributed by atoms with van der Waals surface area (Å²) in [5.74, 6) is 0.359. The van der Waals surface area contributed by atoms with E-state index in [1.807, 2.05) is 44.4 Å². The molecule has 3 aromatic rings. The lowest BCUT2D eigenvalue weighted by Crippen LogP contribution is -2.29. The van der Waals surface area contributed by atoms with Gasteiger partial charge in [0, 0.05) is 11.0 Å². The average molecular weight is 551 g/mol. The van der Waals surface area contributed by atoms with Gasteiger partial charge in [0.25, 0.3) is 5.91 Å². The first kappa shape index (κ1) is 25.3. The van der Waals surface area contributed by atoms with Crippen LogP contribution in [-0.2, 0) is 11.3 Å².